The summed E-state index contributed by atoms with van der Waals surface area (Å²) in [5.41, 5.74) is 0.275. The summed E-state index contributed by atoms with van der Waals surface area (Å²) < 4.78 is 24.5. The predicted octanol–water partition coefficient (Wildman–Crippen LogP) is 1.70. The maximum atomic E-state index is 11.9. The molecule has 0 saturated heterocycles. The Morgan fingerprint density at radius 2 is 1.94 bits per heavy atom. The summed E-state index contributed by atoms with van der Waals surface area (Å²) in [6.07, 6.45) is -0.0511. The highest BCUT2D eigenvalue weighted by molar-refractivity contribution is 7.89. The fourth-order valence-electron chi connectivity index (χ4n) is 1.53. The number of benzene rings is 1. The van der Waals surface area contributed by atoms with Crippen molar-refractivity contribution in [3.8, 4) is 0 Å². The van der Waals surface area contributed by atoms with E-state index in [1.165, 1.54) is 19.2 Å². The topological polar surface area (TPSA) is 54.5 Å². The van der Waals surface area contributed by atoms with Gasteiger partial charge < -0.3 is 0 Å². The lowest BCUT2D eigenvalue weighted by atomic mass is 10.1. The van der Waals surface area contributed by atoms with Gasteiger partial charge in [0, 0.05) is 12.6 Å². The van der Waals surface area contributed by atoms with Gasteiger partial charge in [0.1, 0.15) is 0 Å². The molecule has 0 N–H and O–H groups in total. The quantitative estimate of drug-likeness (QED) is 0.726. The van der Waals surface area contributed by atoms with E-state index in [2.05, 4.69) is 0 Å². The van der Waals surface area contributed by atoms with E-state index in [9.17, 15) is 13.2 Å². The van der Waals surface area contributed by atoms with Gasteiger partial charge in [0.15, 0.2) is 0 Å². The summed E-state index contributed by atoms with van der Waals surface area (Å²) in [6, 6.07) is 2.77. The number of hydrogen-bond donors (Lipinski definition) is 0. The molecule has 0 atom stereocenters. The normalized spacial score (nSPS) is 18.4. The van der Waals surface area contributed by atoms with Crippen LogP contribution in [-0.4, -0.2) is 25.7 Å². The van der Waals surface area contributed by atoms with Crippen molar-refractivity contribution in [1.82, 2.24) is 4.31 Å². The largest absolute Gasteiger partial charge is 0.273 e. The van der Waals surface area contributed by atoms with Gasteiger partial charge in [-0.3, -0.25) is 4.79 Å². The molecule has 0 saturated carbocycles. The summed E-state index contributed by atoms with van der Waals surface area (Å²) >= 11 is 11.7. The number of amides is 1. The van der Waals surface area contributed by atoms with Crippen LogP contribution in [-0.2, 0) is 21.2 Å². The monoisotopic (exact) mass is 279 g/mol. The molecule has 1 heterocycles. The highest BCUT2D eigenvalue weighted by Crippen LogP contribution is 2.35. The Morgan fingerprint density at radius 1 is 1.31 bits per heavy atom. The lowest BCUT2D eigenvalue weighted by Crippen LogP contribution is -2.39. The van der Waals surface area contributed by atoms with Crippen LogP contribution < -0.4 is 0 Å². The first-order valence-corrected chi connectivity index (χ1v) is 6.54. The van der Waals surface area contributed by atoms with Gasteiger partial charge in [0.05, 0.1) is 21.4 Å². The molecular weight excluding hydrogens is 273 g/mol. The van der Waals surface area contributed by atoms with E-state index < -0.39 is 15.9 Å². The minimum Gasteiger partial charge on any atom is -0.273 e. The Morgan fingerprint density at radius 3 is 2.56 bits per heavy atom. The molecule has 86 valence electrons. The van der Waals surface area contributed by atoms with Gasteiger partial charge in [-0.2, -0.15) is 0 Å². The first-order chi connectivity index (χ1) is 7.35. The standard InChI is InChI=1S/C9H7Cl2NO3S/c1-12-8(13)4-5-7(16(12,14)15)3-2-6(10)9(5)11/h2-3H,4H2,1H3. The third-order valence-corrected chi connectivity index (χ3v) is 5.18. The fraction of sp³-hybridized carbons (Fsp3) is 0.222. The van der Waals surface area contributed by atoms with Crippen LogP contribution in [0.3, 0.4) is 0 Å². The number of likely N-dealkylation sites (N-methyl/N-ethyl adjacent to an activating group) is 1. The molecule has 1 amide bonds. The van der Waals surface area contributed by atoms with Crippen LogP contribution in [0.15, 0.2) is 17.0 Å². The zero-order valence-electron chi connectivity index (χ0n) is 8.20. The zero-order valence-corrected chi connectivity index (χ0v) is 10.5. The lowest BCUT2D eigenvalue weighted by molar-refractivity contribution is -0.125. The molecule has 4 nitrogen and oxygen atoms in total. The molecule has 0 bridgehead atoms. The van der Waals surface area contributed by atoms with Crippen molar-refractivity contribution in [2.45, 2.75) is 11.3 Å². The number of fused-ring (bicyclic) bond motifs is 1. The average molecular weight is 280 g/mol. The van der Waals surface area contributed by atoms with Crippen molar-refractivity contribution in [3.63, 3.8) is 0 Å². The molecule has 0 spiro atoms. The molecule has 7 heteroatoms. The molecule has 1 aromatic rings. The molecule has 0 aromatic heterocycles. The molecule has 1 aliphatic heterocycles. The van der Waals surface area contributed by atoms with Gasteiger partial charge in [-0.1, -0.05) is 23.2 Å². The van der Waals surface area contributed by atoms with E-state index in [0.29, 0.717) is 0 Å². The molecule has 0 fully saturated rings. The van der Waals surface area contributed by atoms with Crippen LogP contribution in [0.5, 0.6) is 0 Å². The highest BCUT2D eigenvalue weighted by atomic mass is 35.5. The van der Waals surface area contributed by atoms with E-state index in [-0.39, 0.29) is 26.9 Å². The molecule has 0 unspecified atom stereocenters. The van der Waals surface area contributed by atoms with Gasteiger partial charge in [-0.25, -0.2) is 12.7 Å². The predicted molar refractivity (Wildman–Crippen MR) is 60.1 cm³/mol. The van der Waals surface area contributed by atoms with E-state index in [0.717, 1.165) is 4.31 Å². The lowest BCUT2D eigenvalue weighted by Gasteiger charge is -2.25. The van der Waals surface area contributed by atoms with Crippen molar-refractivity contribution >= 4 is 39.1 Å². The second kappa shape index (κ2) is 3.61. The summed E-state index contributed by atoms with van der Waals surface area (Å²) in [7, 11) is -2.54. The third kappa shape index (κ3) is 1.50. The van der Waals surface area contributed by atoms with Crippen LogP contribution in [0.4, 0.5) is 0 Å². The molecule has 16 heavy (non-hydrogen) atoms. The average Bonchev–Trinajstić information content (AvgIpc) is 2.21. The summed E-state index contributed by atoms with van der Waals surface area (Å²) in [5, 5.41) is 0.372. The molecule has 1 aromatic carbocycles. The van der Waals surface area contributed by atoms with Crippen molar-refractivity contribution in [3.05, 3.63) is 27.7 Å². The number of carbonyl (C=O) groups excluding carboxylic acids is 1. The van der Waals surface area contributed by atoms with Gasteiger partial charge in [-0.15, -0.1) is 0 Å². The van der Waals surface area contributed by atoms with Crippen molar-refractivity contribution in [1.29, 1.82) is 0 Å². The van der Waals surface area contributed by atoms with Gasteiger partial charge in [-0.05, 0) is 12.1 Å². The Bertz CT molecular complexity index is 583. The van der Waals surface area contributed by atoms with Crippen molar-refractivity contribution < 1.29 is 13.2 Å². The number of nitrogens with zero attached hydrogens (tertiary/aromatic N) is 1. The zero-order chi connectivity index (χ0) is 12.1. The molecule has 1 aliphatic rings. The smallest absolute Gasteiger partial charge is 0.266 e. The van der Waals surface area contributed by atoms with Crippen LogP contribution in [0.1, 0.15) is 5.56 Å². The third-order valence-electron chi connectivity index (χ3n) is 2.47. The maximum Gasteiger partial charge on any atom is 0.266 e. The number of rotatable bonds is 0. The Balaban J connectivity index is 2.80. The fourth-order valence-corrected chi connectivity index (χ4v) is 3.34. The van der Waals surface area contributed by atoms with E-state index in [4.69, 9.17) is 23.2 Å². The van der Waals surface area contributed by atoms with Crippen molar-refractivity contribution in [2.24, 2.45) is 0 Å². The Hall–Kier alpha value is -0.780. The van der Waals surface area contributed by atoms with Crippen molar-refractivity contribution in [2.75, 3.05) is 7.05 Å². The highest BCUT2D eigenvalue weighted by Gasteiger charge is 2.35. The molecule has 2 rings (SSSR count). The second-order valence-electron chi connectivity index (χ2n) is 3.38. The van der Waals surface area contributed by atoms with E-state index >= 15 is 0 Å². The van der Waals surface area contributed by atoms with Crippen LogP contribution in [0, 0.1) is 0 Å². The number of carbonyl (C=O) groups is 1. The van der Waals surface area contributed by atoms with Crippen LogP contribution >= 0.6 is 23.2 Å². The summed E-state index contributed by atoms with van der Waals surface area (Å²) in [4.78, 5) is 11.5. The number of sulfonamides is 1. The summed E-state index contributed by atoms with van der Waals surface area (Å²) in [6.45, 7) is 0. The minimum atomic E-state index is -3.77. The molecule has 0 radical (unpaired) electrons. The SMILES string of the molecule is CN1C(=O)Cc2c(ccc(Cl)c2Cl)S1(=O)=O. The second-order valence-corrected chi connectivity index (χ2v) is 6.10. The Labute approximate surface area is 103 Å². The van der Waals surface area contributed by atoms with E-state index in [1.807, 2.05) is 0 Å². The number of halogens is 2. The summed E-state index contributed by atoms with van der Waals surface area (Å²) in [5.74, 6) is -0.517. The van der Waals surface area contributed by atoms with Gasteiger partial charge in [0.2, 0.25) is 5.91 Å². The van der Waals surface area contributed by atoms with E-state index in [1.54, 1.807) is 0 Å². The molecular formula is C9H7Cl2NO3S. The first kappa shape index (κ1) is 11.7. The van der Waals surface area contributed by atoms with Crippen LogP contribution in [0.25, 0.3) is 0 Å². The minimum absolute atomic E-state index is 0.0454. The maximum absolute atomic E-state index is 11.9. The van der Waals surface area contributed by atoms with Crippen LogP contribution in [0.2, 0.25) is 10.0 Å². The van der Waals surface area contributed by atoms with Gasteiger partial charge in [0.25, 0.3) is 10.0 Å². The van der Waals surface area contributed by atoms with Gasteiger partial charge >= 0.3 is 0 Å². The Kier molecular flexibility index (Phi) is 2.64. The molecule has 0 aliphatic carbocycles. The number of hydrogen-bond acceptors (Lipinski definition) is 3. The first-order valence-electron chi connectivity index (χ1n) is 4.34.